The lowest BCUT2D eigenvalue weighted by molar-refractivity contribution is 0.353. The van der Waals surface area contributed by atoms with Crippen LogP contribution >= 0.6 is 22.2 Å². The lowest BCUT2D eigenvalue weighted by Crippen LogP contribution is -2.29. The van der Waals surface area contributed by atoms with Gasteiger partial charge in [-0.25, -0.2) is 0 Å². The van der Waals surface area contributed by atoms with E-state index in [0.29, 0.717) is 0 Å². The van der Waals surface area contributed by atoms with Crippen LogP contribution in [-0.2, 0) is 0 Å². The second-order valence-corrected chi connectivity index (χ2v) is 6.86. The first kappa shape index (κ1) is 9.76. The molecule has 0 saturated carbocycles. The van der Waals surface area contributed by atoms with Crippen LogP contribution in [0.1, 0.15) is 13.8 Å². The Morgan fingerprint density at radius 2 is 1.67 bits per heavy atom. The van der Waals surface area contributed by atoms with Crippen LogP contribution in [0, 0.1) is 0 Å². The van der Waals surface area contributed by atoms with Gasteiger partial charge in [0.1, 0.15) is 0 Å². The third kappa shape index (κ3) is 5.21. The van der Waals surface area contributed by atoms with Crippen LogP contribution in [0.5, 0.6) is 0 Å². The van der Waals surface area contributed by atoms with E-state index >= 15 is 0 Å². The van der Waals surface area contributed by atoms with E-state index in [2.05, 4.69) is 18.7 Å². The number of halogens is 2. The highest BCUT2D eigenvalue weighted by molar-refractivity contribution is 7.33. The lowest BCUT2D eigenvalue weighted by Gasteiger charge is -2.16. The van der Waals surface area contributed by atoms with Crippen LogP contribution in [0.25, 0.3) is 0 Å². The first-order valence-electron chi connectivity index (χ1n) is 3.21. The smallest absolute Gasteiger partial charge is 0.250 e. The largest absolute Gasteiger partial charge is 0.304 e. The maximum atomic E-state index is 5.69. The molecule has 0 radical (unpaired) electrons. The number of hydrogen-bond acceptors (Lipinski definition) is 1. The molecule has 56 valence electrons. The maximum Gasteiger partial charge on any atom is 0.250 e. The molecule has 0 unspecified atom stereocenters. The van der Waals surface area contributed by atoms with Gasteiger partial charge in [0.05, 0.1) is 0 Å². The van der Waals surface area contributed by atoms with Crippen LogP contribution in [0.15, 0.2) is 0 Å². The SMILES string of the molecule is CCN(CC)C[SiH](Cl)Cl. The van der Waals surface area contributed by atoms with Crippen molar-refractivity contribution in [3.8, 4) is 0 Å². The fourth-order valence-corrected chi connectivity index (χ4v) is 2.75. The van der Waals surface area contributed by atoms with Gasteiger partial charge in [-0.15, -0.1) is 22.2 Å². The topological polar surface area (TPSA) is 3.24 Å². The van der Waals surface area contributed by atoms with Gasteiger partial charge in [0.25, 0.3) is 7.42 Å². The molecule has 9 heavy (non-hydrogen) atoms. The fraction of sp³-hybridized carbons (Fsp3) is 1.00. The Kier molecular flexibility index (Phi) is 6.00. The molecule has 0 saturated heterocycles. The summed E-state index contributed by atoms with van der Waals surface area (Å²) in [6.45, 7) is 6.35. The van der Waals surface area contributed by atoms with E-state index < -0.39 is 7.42 Å². The number of hydrogen-bond donors (Lipinski definition) is 0. The molecule has 0 atom stereocenters. The van der Waals surface area contributed by atoms with E-state index in [1.165, 1.54) is 0 Å². The Hall–Kier alpha value is 0.757. The molecule has 0 aliphatic rings. The molecule has 0 rings (SSSR count). The summed E-state index contributed by atoms with van der Waals surface area (Å²) < 4.78 is 0. The molecule has 0 aromatic carbocycles. The molecule has 0 fully saturated rings. The average Bonchev–Trinajstić information content (AvgIpc) is 1.82. The van der Waals surface area contributed by atoms with E-state index in [-0.39, 0.29) is 0 Å². The van der Waals surface area contributed by atoms with E-state index in [1.54, 1.807) is 0 Å². The Morgan fingerprint density at radius 1 is 1.22 bits per heavy atom. The summed E-state index contributed by atoms with van der Waals surface area (Å²) in [6.07, 6.45) is 0.913. The standard InChI is InChI=1S/C5H13Cl2NSi/c1-3-8(4-2)5-9(6)7/h9H,3-5H2,1-2H3. The van der Waals surface area contributed by atoms with E-state index in [0.717, 1.165) is 19.3 Å². The minimum atomic E-state index is -1.39. The second kappa shape index (κ2) is 5.53. The van der Waals surface area contributed by atoms with E-state index in [9.17, 15) is 0 Å². The fourth-order valence-electron chi connectivity index (χ4n) is 0.677. The highest BCUT2D eigenvalue weighted by Gasteiger charge is 2.06. The van der Waals surface area contributed by atoms with Crippen molar-refractivity contribution in [2.45, 2.75) is 13.8 Å². The van der Waals surface area contributed by atoms with Gasteiger partial charge in [-0.1, -0.05) is 13.8 Å². The molecule has 0 amide bonds. The molecule has 0 aliphatic carbocycles. The summed E-state index contributed by atoms with van der Waals surface area (Å²) >= 11 is 11.4. The zero-order chi connectivity index (χ0) is 7.28. The molecule has 0 N–H and O–H groups in total. The van der Waals surface area contributed by atoms with Crippen molar-refractivity contribution in [2.75, 3.05) is 19.3 Å². The number of rotatable bonds is 4. The zero-order valence-electron chi connectivity index (χ0n) is 5.90. The Bertz CT molecular complexity index is 66.0. The van der Waals surface area contributed by atoms with Gasteiger partial charge in [-0.3, -0.25) is 0 Å². The molecule has 0 aromatic rings. The monoisotopic (exact) mass is 185 g/mol. The normalized spacial score (nSPS) is 11.3. The van der Waals surface area contributed by atoms with E-state index in [4.69, 9.17) is 22.2 Å². The van der Waals surface area contributed by atoms with Crippen LogP contribution in [0.2, 0.25) is 0 Å². The third-order valence-corrected chi connectivity index (χ3v) is 2.91. The van der Waals surface area contributed by atoms with Crippen molar-refractivity contribution in [1.29, 1.82) is 0 Å². The number of nitrogens with zero attached hydrogens (tertiary/aromatic N) is 1. The van der Waals surface area contributed by atoms with Crippen LogP contribution in [0.4, 0.5) is 0 Å². The van der Waals surface area contributed by atoms with E-state index in [1.807, 2.05) is 0 Å². The van der Waals surface area contributed by atoms with Gasteiger partial charge < -0.3 is 4.90 Å². The quantitative estimate of drug-likeness (QED) is 0.475. The zero-order valence-corrected chi connectivity index (χ0v) is 8.57. The molecule has 0 aromatic heterocycles. The summed E-state index contributed by atoms with van der Waals surface area (Å²) in [4.78, 5) is 2.25. The Balaban J connectivity index is 3.31. The molecular weight excluding hydrogens is 173 g/mol. The third-order valence-electron chi connectivity index (χ3n) is 1.29. The molecule has 0 heterocycles. The summed E-state index contributed by atoms with van der Waals surface area (Å²) in [5, 5.41) is 0. The molecular formula is C5H13Cl2NSi. The highest BCUT2D eigenvalue weighted by Crippen LogP contribution is 1.98. The highest BCUT2D eigenvalue weighted by atomic mass is 35.7. The van der Waals surface area contributed by atoms with Crippen LogP contribution in [0.3, 0.4) is 0 Å². The van der Waals surface area contributed by atoms with Gasteiger partial charge in [-0.05, 0) is 13.1 Å². The second-order valence-electron chi connectivity index (χ2n) is 1.88. The van der Waals surface area contributed by atoms with Crippen LogP contribution in [-0.4, -0.2) is 31.6 Å². The molecule has 0 spiro atoms. The summed E-state index contributed by atoms with van der Waals surface area (Å²) in [5.74, 6) is 0. The molecule has 4 heteroatoms. The van der Waals surface area contributed by atoms with Crippen molar-refractivity contribution < 1.29 is 0 Å². The minimum absolute atomic E-state index is 0.913. The Morgan fingerprint density at radius 3 is 1.78 bits per heavy atom. The molecule has 0 bridgehead atoms. The van der Waals surface area contributed by atoms with Crippen molar-refractivity contribution in [3.05, 3.63) is 0 Å². The van der Waals surface area contributed by atoms with Gasteiger partial charge >= 0.3 is 0 Å². The Labute approximate surface area is 68.0 Å². The summed E-state index contributed by atoms with van der Waals surface area (Å²) in [7, 11) is -1.39. The minimum Gasteiger partial charge on any atom is -0.304 e. The first-order chi connectivity index (χ1) is 4.20. The summed E-state index contributed by atoms with van der Waals surface area (Å²) in [6, 6.07) is 0. The van der Waals surface area contributed by atoms with Crippen LogP contribution < -0.4 is 0 Å². The van der Waals surface area contributed by atoms with Gasteiger partial charge in [0.15, 0.2) is 0 Å². The maximum absolute atomic E-state index is 5.69. The van der Waals surface area contributed by atoms with Gasteiger partial charge in [-0.2, -0.15) is 0 Å². The average molecular weight is 186 g/mol. The first-order valence-corrected chi connectivity index (χ1v) is 7.52. The van der Waals surface area contributed by atoms with Crippen molar-refractivity contribution in [1.82, 2.24) is 4.90 Å². The lowest BCUT2D eigenvalue weighted by atomic mass is 10.6. The van der Waals surface area contributed by atoms with Crippen molar-refractivity contribution >= 4 is 29.6 Å². The van der Waals surface area contributed by atoms with Gasteiger partial charge in [0.2, 0.25) is 0 Å². The predicted molar refractivity (Wildman–Crippen MR) is 46.6 cm³/mol. The van der Waals surface area contributed by atoms with Crippen molar-refractivity contribution in [2.24, 2.45) is 0 Å². The van der Waals surface area contributed by atoms with Crippen molar-refractivity contribution in [3.63, 3.8) is 0 Å². The summed E-state index contributed by atoms with van der Waals surface area (Å²) in [5.41, 5.74) is 0. The predicted octanol–water partition coefficient (Wildman–Crippen LogP) is 1.57. The van der Waals surface area contributed by atoms with Gasteiger partial charge in [0, 0.05) is 6.17 Å². The molecule has 1 nitrogen and oxygen atoms in total. The molecule has 0 aliphatic heterocycles.